The summed E-state index contributed by atoms with van der Waals surface area (Å²) in [7, 11) is 1.95. The Bertz CT molecular complexity index is 821. The lowest BCUT2D eigenvalue weighted by Gasteiger charge is -2.06. The van der Waals surface area contributed by atoms with E-state index in [-0.39, 0.29) is 5.91 Å². The van der Waals surface area contributed by atoms with Gasteiger partial charge >= 0.3 is 0 Å². The number of hydrogen-bond acceptors (Lipinski definition) is 3. The zero-order chi connectivity index (χ0) is 16.2. The van der Waals surface area contributed by atoms with E-state index in [2.05, 4.69) is 15.3 Å². The summed E-state index contributed by atoms with van der Waals surface area (Å²) in [5.41, 5.74) is 3.98. The van der Waals surface area contributed by atoms with Crippen LogP contribution < -0.4 is 5.32 Å². The van der Waals surface area contributed by atoms with Gasteiger partial charge in [0.15, 0.2) is 5.65 Å². The van der Waals surface area contributed by atoms with Crippen molar-refractivity contribution in [2.75, 3.05) is 6.54 Å². The fraction of sp³-hybridized carbons (Fsp3) is 0.278. The first kappa shape index (κ1) is 15.2. The van der Waals surface area contributed by atoms with Gasteiger partial charge in [-0.2, -0.15) is 0 Å². The standard InChI is InChI=1S/C18H20N4O/c1-13-5-7-14(8-6-13)12-17(23)19-11-9-16-21-15-4-3-10-20-18(15)22(16)2/h3-8,10H,9,11-12H2,1-2H3,(H,19,23). The number of pyridine rings is 1. The number of hydrogen-bond donors (Lipinski definition) is 1. The van der Waals surface area contributed by atoms with Crippen molar-refractivity contribution >= 4 is 17.1 Å². The van der Waals surface area contributed by atoms with E-state index in [0.717, 1.165) is 22.6 Å². The Kier molecular flexibility index (Phi) is 4.37. The van der Waals surface area contributed by atoms with E-state index in [1.807, 2.05) is 54.9 Å². The van der Waals surface area contributed by atoms with Crippen molar-refractivity contribution in [3.8, 4) is 0 Å². The molecule has 1 N–H and O–H groups in total. The van der Waals surface area contributed by atoms with E-state index in [9.17, 15) is 4.79 Å². The number of benzene rings is 1. The van der Waals surface area contributed by atoms with Gasteiger partial charge in [0, 0.05) is 26.2 Å². The lowest BCUT2D eigenvalue weighted by molar-refractivity contribution is -0.120. The van der Waals surface area contributed by atoms with Crippen LogP contribution in [-0.4, -0.2) is 27.0 Å². The van der Waals surface area contributed by atoms with Crippen LogP contribution in [-0.2, 0) is 24.7 Å². The maximum Gasteiger partial charge on any atom is 0.224 e. The second-order valence-electron chi connectivity index (χ2n) is 5.70. The highest BCUT2D eigenvalue weighted by Gasteiger charge is 2.09. The lowest BCUT2D eigenvalue weighted by atomic mass is 10.1. The van der Waals surface area contributed by atoms with Gasteiger partial charge in [-0.05, 0) is 24.6 Å². The number of nitrogens with zero attached hydrogens (tertiary/aromatic N) is 3. The first-order valence-electron chi connectivity index (χ1n) is 7.72. The van der Waals surface area contributed by atoms with Crippen LogP contribution in [0.2, 0.25) is 0 Å². The number of imidazole rings is 1. The second-order valence-corrected chi connectivity index (χ2v) is 5.70. The van der Waals surface area contributed by atoms with Gasteiger partial charge in [0.05, 0.1) is 6.42 Å². The number of aryl methyl sites for hydroxylation is 2. The highest BCUT2D eigenvalue weighted by Crippen LogP contribution is 2.11. The largest absolute Gasteiger partial charge is 0.355 e. The van der Waals surface area contributed by atoms with Crippen LogP contribution in [0.15, 0.2) is 42.6 Å². The summed E-state index contributed by atoms with van der Waals surface area (Å²) in [5, 5.41) is 2.95. The summed E-state index contributed by atoms with van der Waals surface area (Å²) in [6.45, 7) is 2.61. The summed E-state index contributed by atoms with van der Waals surface area (Å²) < 4.78 is 1.97. The Morgan fingerprint density at radius 1 is 1.22 bits per heavy atom. The molecule has 3 aromatic rings. The fourth-order valence-electron chi connectivity index (χ4n) is 2.56. The highest BCUT2D eigenvalue weighted by atomic mass is 16.1. The molecule has 0 spiro atoms. The number of carbonyl (C=O) groups is 1. The van der Waals surface area contributed by atoms with Gasteiger partial charge < -0.3 is 9.88 Å². The van der Waals surface area contributed by atoms with Gasteiger partial charge in [-0.25, -0.2) is 9.97 Å². The number of aromatic nitrogens is 3. The molecule has 0 aliphatic rings. The van der Waals surface area contributed by atoms with Crippen molar-refractivity contribution in [3.63, 3.8) is 0 Å². The summed E-state index contributed by atoms with van der Waals surface area (Å²) >= 11 is 0. The van der Waals surface area contributed by atoms with Gasteiger partial charge in [-0.15, -0.1) is 0 Å². The van der Waals surface area contributed by atoms with Crippen LogP contribution in [0.5, 0.6) is 0 Å². The first-order valence-corrected chi connectivity index (χ1v) is 7.72. The van der Waals surface area contributed by atoms with Crippen molar-refractivity contribution < 1.29 is 4.79 Å². The Morgan fingerprint density at radius 3 is 2.74 bits per heavy atom. The van der Waals surface area contributed by atoms with Gasteiger partial charge in [0.2, 0.25) is 5.91 Å². The van der Waals surface area contributed by atoms with E-state index in [1.54, 1.807) is 6.20 Å². The van der Waals surface area contributed by atoms with Crippen molar-refractivity contribution in [2.24, 2.45) is 7.05 Å². The van der Waals surface area contributed by atoms with Gasteiger partial charge in [-0.1, -0.05) is 29.8 Å². The average Bonchev–Trinajstić information content (AvgIpc) is 2.86. The van der Waals surface area contributed by atoms with Crippen LogP contribution in [0.1, 0.15) is 17.0 Å². The minimum atomic E-state index is 0.0331. The van der Waals surface area contributed by atoms with Crippen LogP contribution in [0.4, 0.5) is 0 Å². The normalized spacial score (nSPS) is 10.9. The Hall–Kier alpha value is -2.69. The summed E-state index contributed by atoms with van der Waals surface area (Å²) in [6.07, 6.45) is 2.86. The molecule has 0 unspecified atom stereocenters. The van der Waals surface area contributed by atoms with E-state index in [1.165, 1.54) is 5.56 Å². The molecule has 118 valence electrons. The zero-order valence-electron chi connectivity index (χ0n) is 13.4. The number of nitrogens with one attached hydrogen (secondary N) is 1. The molecule has 0 aliphatic carbocycles. The molecule has 0 fully saturated rings. The number of carbonyl (C=O) groups excluding carboxylic acids is 1. The maximum absolute atomic E-state index is 12.0. The van der Waals surface area contributed by atoms with E-state index < -0.39 is 0 Å². The molecule has 5 nitrogen and oxygen atoms in total. The monoisotopic (exact) mass is 308 g/mol. The van der Waals surface area contributed by atoms with Crippen LogP contribution in [0.3, 0.4) is 0 Å². The third kappa shape index (κ3) is 3.56. The quantitative estimate of drug-likeness (QED) is 0.786. The zero-order valence-corrected chi connectivity index (χ0v) is 13.4. The topological polar surface area (TPSA) is 59.8 Å². The predicted octanol–water partition coefficient (Wildman–Crippen LogP) is 2.18. The molecule has 0 radical (unpaired) electrons. The van der Waals surface area contributed by atoms with Gasteiger partial charge in [-0.3, -0.25) is 4.79 Å². The average molecular weight is 308 g/mol. The maximum atomic E-state index is 12.0. The first-order chi connectivity index (χ1) is 11.1. The van der Waals surface area contributed by atoms with Crippen molar-refractivity contribution in [1.29, 1.82) is 0 Å². The molecule has 2 heterocycles. The summed E-state index contributed by atoms with van der Waals surface area (Å²) in [5.74, 6) is 0.958. The lowest BCUT2D eigenvalue weighted by Crippen LogP contribution is -2.27. The molecule has 0 bridgehead atoms. The van der Waals surface area contributed by atoms with E-state index in [0.29, 0.717) is 19.4 Å². The number of rotatable bonds is 5. The molecule has 23 heavy (non-hydrogen) atoms. The van der Waals surface area contributed by atoms with Crippen LogP contribution >= 0.6 is 0 Å². The van der Waals surface area contributed by atoms with Crippen LogP contribution in [0, 0.1) is 6.92 Å². The molecule has 0 atom stereocenters. The van der Waals surface area contributed by atoms with Gasteiger partial charge in [0.25, 0.3) is 0 Å². The summed E-state index contributed by atoms with van der Waals surface area (Å²) in [6, 6.07) is 11.9. The molecule has 1 amide bonds. The summed E-state index contributed by atoms with van der Waals surface area (Å²) in [4.78, 5) is 20.9. The smallest absolute Gasteiger partial charge is 0.224 e. The molecule has 0 aliphatic heterocycles. The van der Waals surface area contributed by atoms with Crippen molar-refractivity contribution in [3.05, 3.63) is 59.5 Å². The molecule has 2 aromatic heterocycles. The fourth-order valence-corrected chi connectivity index (χ4v) is 2.56. The van der Waals surface area contributed by atoms with Crippen LogP contribution in [0.25, 0.3) is 11.2 Å². The minimum Gasteiger partial charge on any atom is -0.355 e. The number of fused-ring (bicyclic) bond motifs is 1. The SMILES string of the molecule is Cc1ccc(CC(=O)NCCc2nc3cccnc3n2C)cc1. The van der Waals surface area contributed by atoms with Crippen molar-refractivity contribution in [2.45, 2.75) is 19.8 Å². The third-order valence-electron chi connectivity index (χ3n) is 3.88. The molecular formula is C18H20N4O. The molecule has 1 aromatic carbocycles. The Labute approximate surface area is 135 Å². The molecular weight excluding hydrogens is 288 g/mol. The molecule has 0 saturated carbocycles. The second kappa shape index (κ2) is 6.60. The Balaban J connectivity index is 1.55. The molecule has 3 rings (SSSR count). The molecule has 0 saturated heterocycles. The van der Waals surface area contributed by atoms with E-state index in [4.69, 9.17) is 0 Å². The Morgan fingerprint density at radius 2 is 2.00 bits per heavy atom. The minimum absolute atomic E-state index is 0.0331. The van der Waals surface area contributed by atoms with Gasteiger partial charge in [0.1, 0.15) is 11.3 Å². The van der Waals surface area contributed by atoms with E-state index >= 15 is 0 Å². The highest BCUT2D eigenvalue weighted by molar-refractivity contribution is 5.78. The predicted molar refractivity (Wildman–Crippen MR) is 90.1 cm³/mol. The third-order valence-corrected chi connectivity index (χ3v) is 3.88. The number of amides is 1. The molecule has 5 heteroatoms. The van der Waals surface area contributed by atoms with Crippen molar-refractivity contribution in [1.82, 2.24) is 19.9 Å².